The molecule has 28 heavy (non-hydrogen) atoms. The van der Waals surface area contributed by atoms with Gasteiger partial charge in [-0.1, -0.05) is 0 Å². The number of nitrogens with zero attached hydrogens (tertiary/aromatic N) is 4. The Hall–Kier alpha value is -2.78. The van der Waals surface area contributed by atoms with Crippen LogP contribution in [-0.2, 0) is 29.5 Å². The van der Waals surface area contributed by atoms with Crippen LogP contribution in [-0.4, -0.2) is 45.8 Å². The van der Waals surface area contributed by atoms with E-state index in [-0.39, 0.29) is 5.91 Å². The second-order valence-electron chi connectivity index (χ2n) is 7.07. The van der Waals surface area contributed by atoms with Crippen molar-refractivity contribution in [2.75, 3.05) is 12.8 Å². The summed E-state index contributed by atoms with van der Waals surface area (Å²) in [7, 11) is -3.23. The van der Waals surface area contributed by atoms with Gasteiger partial charge in [-0.15, -0.1) is 0 Å². The minimum Gasteiger partial charge on any atom is -0.347 e. The van der Waals surface area contributed by atoms with E-state index >= 15 is 0 Å². The van der Waals surface area contributed by atoms with E-state index in [9.17, 15) is 13.2 Å². The van der Waals surface area contributed by atoms with Crippen LogP contribution in [0.15, 0.2) is 36.8 Å². The topological polar surface area (TPSA) is 96.7 Å². The molecule has 146 valence electrons. The lowest BCUT2D eigenvalue weighted by atomic mass is 10.1. The SMILES string of the molecule is Cc1ccn2cc(C(=O)NCc3cnc4c(c3)CN(S(C)(=O)=O)CC4)nc2c1. The minimum atomic E-state index is -3.23. The van der Waals surface area contributed by atoms with Crippen molar-refractivity contribution in [2.45, 2.75) is 26.4 Å². The molecular formula is C19H21N5O3S. The van der Waals surface area contributed by atoms with Crippen LogP contribution >= 0.6 is 0 Å². The number of hydrogen-bond acceptors (Lipinski definition) is 5. The van der Waals surface area contributed by atoms with Crippen LogP contribution in [0.1, 0.15) is 32.9 Å². The highest BCUT2D eigenvalue weighted by atomic mass is 32.2. The highest BCUT2D eigenvalue weighted by Crippen LogP contribution is 2.20. The van der Waals surface area contributed by atoms with Crippen molar-refractivity contribution in [3.8, 4) is 0 Å². The molecule has 0 spiro atoms. The van der Waals surface area contributed by atoms with Crippen LogP contribution in [0.5, 0.6) is 0 Å². The summed E-state index contributed by atoms with van der Waals surface area (Å²) in [5.74, 6) is -0.267. The molecule has 0 saturated heterocycles. The zero-order chi connectivity index (χ0) is 19.9. The van der Waals surface area contributed by atoms with Crippen molar-refractivity contribution in [3.63, 3.8) is 0 Å². The van der Waals surface area contributed by atoms with Gasteiger partial charge in [0.2, 0.25) is 10.0 Å². The maximum atomic E-state index is 12.4. The number of rotatable bonds is 4. The summed E-state index contributed by atoms with van der Waals surface area (Å²) < 4.78 is 26.8. The lowest BCUT2D eigenvalue weighted by Gasteiger charge is -2.26. The number of aryl methyl sites for hydroxylation is 1. The first-order valence-corrected chi connectivity index (χ1v) is 10.8. The Bertz CT molecular complexity index is 1170. The maximum Gasteiger partial charge on any atom is 0.271 e. The molecule has 1 N–H and O–H groups in total. The number of imidazole rings is 1. The Morgan fingerprint density at radius 3 is 2.93 bits per heavy atom. The van der Waals surface area contributed by atoms with Gasteiger partial charge in [0.25, 0.3) is 5.91 Å². The molecule has 0 atom stereocenters. The lowest BCUT2D eigenvalue weighted by Crippen LogP contribution is -2.35. The Morgan fingerprint density at radius 1 is 1.32 bits per heavy atom. The van der Waals surface area contributed by atoms with E-state index in [4.69, 9.17) is 0 Å². The maximum absolute atomic E-state index is 12.4. The number of aromatic nitrogens is 3. The van der Waals surface area contributed by atoms with E-state index < -0.39 is 10.0 Å². The molecule has 0 radical (unpaired) electrons. The second-order valence-corrected chi connectivity index (χ2v) is 9.06. The number of carbonyl (C=O) groups is 1. The lowest BCUT2D eigenvalue weighted by molar-refractivity contribution is 0.0946. The number of fused-ring (bicyclic) bond motifs is 2. The molecule has 1 amide bonds. The van der Waals surface area contributed by atoms with Gasteiger partial charge in [0.15, 0.2) is 0 Å². The van der Waals surface area contributed by atoms with Crippen LogP contribution in [0.3, 0.4) is 0 Å². The second kappa shape index (κ2) is 6.99. The van der Waals surface area contributed by atoms with Crippen molar-refractivity contribution in [1.82, 2.24) is 24.0 Å². The molecule has 0 aliphatic carbocycles. The molecule has 0 saturated carbocycles. The molecule has 0 fully saturated rings. The fourth-order valence-electron chi connectivity index (χ4n) is 3.30. The summed E-state index contributed by atoms with van der Waals surface area (Å²) in [6, 6.07) is 5.78. The van der Waals surface area contributed by atoms with E-state index in [1.807, 2.05) is 35.7 Å². The van der Waals surface area contributed by atoms with E-state index in [1.165, 1.54) is 10.6 Å². The molecule has 0 aromatic carbocycles. The molecule has 3 aromatic rings. The Kier molecular flexibility index (Phi) is 4.64. The largest absolute Gasteiger partial charge is 0.347 e. The molecular weight excluding hydrogens is 378 g/mol. The highest BCUT2D eigenvalue weighted by Gasteiger charge is 2.24. The van der Waals surface area contributed by atoms with Crippen molar-refractivity contribution in [2.24, 2.45) is 0 Å². The standard InChI is InChI=1S/C19H21N5O3S/c1-13-3-5-23-12-17(22-18(23)7-13)19(25)21-10-14-8-15-11-24(28(2,26)27)6-4-16(15)20-9-14/h3,5,7-9,12H,4,6,10-11H2,1-2H3,(H,21,25). The first kappa shape index (κ1) is 18.6. The van der Waals surface area contributed by atoms with E-state index in [1.54, 1.807) is 12.4 Å². The van der Waals surface area contributed by atoms with Crippen LogP contribution < -0.4 is 5.32 Å². The summed E-state index contributed by atoms with van der Waals surface area (Å²) in [5.41, 5.74) is 4.76. The molecule has 8 nitrogen and oxygen atoms in total. The van der Waals surface area contributed by atoms with Gasteiger partial charge in [0, 0.05) is 50.3 Å². The third kappa shape index (κ3) is 3.76. The number of carbonyl (C=O) groups excluding carboxylic acids is 1. The molecule has 3 aromatic heterocycles. The van der Waals surface area contributed by atoms with Gasteiger partial charge in [0.1, 0.15) is 11.3 Å². The van der Waals surface area contributed by atoms with Gasteiger partial charge in [-0.05, 0) is 41.8 Å². The third-order valence-corrected chi connectivity index (χ3v) is 6.08. The van der Waals surface area contributed by atoms with Gasteiger partial charge in [-0.3, -0.25) is 9.78 Å². The smallest absolute Gasteiger partial charge is 0.271 e. The average Bonchev–Trinajstić information content (AvgIpc) is 3.08. The number of sulfonamides is 1. The first-order chi connectivity index (χ1) is 13.3. The fraction of sp³-hybridized carbons (Fsp3) is 0.316. The molecule has 4 heterocycles. The van der Waals surface area contributed by atoms with Crippen molar-refractivity contribution < 1.29 is 13.2 Å². The zero-order valence-corrected chi connectivity index (χ0v) is 16.5. The molecule has 4 rings (SSSR count). The van der Waals surface area contributed by atoms with Crippen LogP contribution in [0.2, 0.25) is 0 Å². The molecule has 1 aliphatic rings. The minimum absolute atomic E-state index is 0.267. The average molecular weight is 399 g/mol. The van der Waals surface area contributed by atoms with E-state index in [0.717, 1.165) is 28.0 Å². The Balaban J connectivity index is 1.46. The predicted molar refractivity (Wildman–Crippen MR) is 104 cm³/mol. The summed E-state index contributed by atoms with van der Waals surface area (Å²) >= 11 is 0. The number of nitrogens with one attached hydrogen (secondary N) is 1. The van der Waals surface area contributed by atoms with Crippen molar-refractivity contribution >= 4 is 21.6 Å². The van der Waals surface area contributed by atoms with Gasteiger partial charge in [0.05, 0.1) is 6.26 Å². The summed E-state index contributed by atoms with van der Waals surface area (Å²) in [6.07, 6.45) is 7.10. The quantitative estimate of drug-likeness (QED) is 0.713. The van der Waals surface area contributed by atoms with Gasteiger partial charge >= 0.3 is 0 Å². The van der Waals surface area contributed by atoms with Gasteiger partial charge in [-0.2, -0.15) is 4.31 Å². The van der Waals surface area contributed by atoms with Crippen LogP contribution in [0, 0.1) is 6.92 Å². The number of hydrogen-bond donors (Lipinski definition) is 1. The van der Waals surface area contributed by atoms with Crippen LogP contribution in [0.4, 0.5) is 0 Å². The predicted octanol–water partition coefficient (Wildman–Crippen LogP) is 1.29. The summed E-state index contributed by atoms with van der Waals surface area (Å²) in [6.45, 7) is 3.03. The van der Waals surface area contributed by atoms with E-state index in [2.05, 4.69) is 15.3 Å². The van der Waals surface area contributed by atoms with E-state index in [0.29, 0.717) is 31.7 Å². The fourth-order valence-corrected chi connectivity index (χ4v) is 4.09. The molecule has 9 heteroatoms. The summed E-state index contributed by atoms with van der Waals surface area (Å²) in [4.78, 5) is 21.2. The van der Waals surface area contributed by atoms with Crippen molar-refractivity contribution in [3.05, 3.63) is 64.9 Å². The number of pyridine rings is 2. The summed E-state index contributed by atoms with van der Waals surface area (Å²) in [5, 5.41) is 2.85. The highest BCUT2D eigenvalue weighted by molar-refractivity contribution is 7.88. The van der Waals surface area contributed by atoms with Gasteiger partial charge in [-0.25, -0.2) is 13.4 Å². The Labute approximate surface area is 163 Å². The van der Waals surface area contributed by atoms with Gasteiger partial charge < -0.3 is 9.72 Å². The monoisotopic (exact) mass is 399 g/mol. The van der Waals surface area contributed by atoms with Crippen LogP contribution in [0.25, 0.3) is 5.65 Å². The Morgan fingerprint density at radius 2 is 2.14 bits per heavy atom. The zero-order valence-electron chi connectivity index (χ0n) is 15.7. The number of amides is 1. The molecule has 1 aliphatic heterocycles. The first-order valence-electron chi connectivity index (χ1n) is 8.95. The third-order valence-electron chi connectivity index (χ3n) is 4.83. The van der Waals surface area contributed by atoms with Crippen molar-refractivity contribution in [1.29, 1.82) is 0 Å². The normalized spacial score (nSPS) is 14.8. The molecule has 0 bridgehead atoms. The molecule has 0 unspecified atom stereocenters.